The molecule has 37 heavy (non-hydrogen) atoms. The Hall–Kier alpha value is -3.94. The summed E-state index contributed by atoms with van der Waals surface area (Å²) in [5.74, 6) is 0.572. The Bertz CT molecular complexity index is 1600. The van der Waals surface area contributed by atoms with Crippen molar-refractivity contribution in [2.45, 2.75) is 0 Å². The molecule has 1 aromatic carbocycles. The van der Waals surface area contributed by atoms with E-state index in [1.807, 2.05) is 36.5 Å². The Kier molecular flexibility index (Phi) is 6.24. The number of benzene rings is 1. The fourth-order valence-corrected chi connectivity index (χ4v) is 4.82. The van der Waals surface area contributed by atoms with Crippen LogP contribution in [0.25, 0.3) is 44.7 Å². The van der Waals surface area contributed by atoms with Gasteiger partial charge >= 0.3 is 0 Å². The van der Waals surface area contributed by atoms with Crippen LogP contribution in [0.15, 0.2) is 79.3 Å². The fraction of sp³-hybridized carbons (Fsp3) is 0.172. The highest BCUT2D eigenvalue weighted by Gasteiger charge is 2.17. The zero-order chi connectivity index (χ0) is 25.4. The quantitative estimate of drug-likeness (QED) is 0.297. The first-order valence-electron chi connectivity index (χ1n) is 12.1. The predicted molar refractivity (Wildman–Crippen MR) is 146 cm³/mol. The molecule has 1 fully saturated rings. The van der Waals surface area contributed by atoms with Gasteiger partial charge in [-0.25, -0.2) is 19.3 Å². The van der Waals surface area contributed by atoms with Crippen LogP contribution in [0, 0.1) is 5.82 Å². The lowest BCUT2D eigenvalue weighted by Gasteiger charge is -2.33. The van der Waals surface area contributed by atoms with E-state index >= 15 is 0 Å². The number of nitrogens with zero attached hydrogens (tertiary/aromatic N) is 6. The lowest BCUT2D eigenvalue weighted by molar-refractivity contribution is 0.312. The number of anilines is 1. The molecule has 1 aliphatic heterocycles. The molecule has 8 heteroatoms. The summed E-state index contributed by atoms with van der Waals surface area (Å²) in [6, 6.07) is 18.3. The summed E-state index contributed by atoms with van der Waals surface area (Å²) in [6.07, 6.45) is 5.30. The molecule has 5 heterocycles. The van der Waals surface area contributed by atoms with Gasteiger partial charge in [0.2, 0.25) is 0 Å². The van der Waals surface area contributed by atoms with E-state index in [1.54, 1.807) is 18.5 Å². The van der Waals surface area contributed by atoms with Gasteiger partial charge in [0.1, 0.15) is 11.6 Å². The summed E-state index contributed by atoms with van der Waals surface area (Å²) in [6.45, 7) is 3.93. The lowest BCUT2D eigenvalue weighted by Crippen LogP contribution is -2.44. The first kappa shape index (κ1) is 23.5. The maximum atomic E-state index is 14.7. The number of fused-ring (bicyclic) bond motifs is 1. The summed E-state index contributed by atoms with van der Waals surface area (Å²) in [5.41, 5.74) is 4.79. The molecule has 0 radical (unpaired) electrons. The van der Waals surface area contributed by atoms with Gasteiger partial charge in [0.15, 0.2) is 5.65 Å². The molecule has 5 aromatic rings. The van der Waals surface area contributed by atoms with Crippen molar-refractivity contribution in [2.75, 3.05) is 38.1 Å². The average Bonchev–Trinajstić information content (AvgIpc) is 2.94. The van der Waals surface area contributed by atoms with Crippen LogP contribution in [0.5, 0.6) is 0 Å². The average molecular weight is 511 g/mol. The molecule has 0 N–H and O–H groups in total. The van der Waals surface area contributed by atoms with Gasteiger partial charge in [-0.3, -0.25) is 4.98 Å². The Morgan fingerprint density at radius 2 is 1.65 bits per heavy atom. The zero-order valence-corrected chi connectivity index (χ0v) is 21.0. The molecule has 0 saturated carbocycles. The van der Waals surface area contributed by atoms with E-state index in [0.29, 0.717) is 21.9 Å². The maximum absolute atomic E-state index is 14.7. The number of likely N-dealkylation sites (N-methyl/N-ethyl adjacent to an activating group) is 1. The van der Waals surface area contributed by atoms with Crippen molar-refractivity contribution in [3.8, 4) is 33.6 Å². The molecule has 1 saturated heterocycles. The number of halogens is 2. The first-order chi connectivity index (χ1) is 18.0. The number of piperazine rings is 1. The second-order valence-electron chi connectivity index (χ2n) is 9.19. The summed E-state index contributed by atoms with van der Waals surface area (Å²) in [4.78, 5) is 23.2. The fourth-order valence-electron chi connectivity index (χ4n) is 4.65. The molecular formula is C29H24ClFN6. The van der Waals surface area contributed by atoms with E-state index in [-0.39, 0.29) is 0 Å². The van der Waals surface area contributed by atoms with Crippen molar-refractivity contribution in [1.82, 2.24) is 24.8 Å². The van der Waals surface area contributed by atoms with Crippen molar-refractivity contribution in [3.05, 3.63) is 90.1 Å². The largest absolute Gasteiger partial charge is 0.354 e. The van der Waals surface area contributed by atoms with E-state index in [4.69, 9.17) is 16.6 Å². The zero-order valence-electron chi connectivity index (χ0n) is 20.3. The Labute approximate surface area is 219 Å². The van der Waals surface area contributed by atoms with E-state index in [1.165, 1.54) is 12.1 Å². The Balaban J connectivity index is 1.44. The number of hydrogen-bond donors (Lipinski definition) is 0. The second kappa shape index (κ2) is 9.84. The third-order valence-electron chi connectivity index (χ3n) is 6.70. The first-order valence-corrected chi connectivity index (χ1v) is 12.5. The molecule has 1 aliphatic rings. The van der Waals surface area contributed by atoms with Crippen LogP contribution in [-0.2, 0) is 0 Å². The van der Waals surface area contributed by atoms with Crippen LogP contribution in [0.3, 0.4) is 0 Å². The summed E-state index contributed by atoms with van der Waals surface area (Å²) in [5, 5.41) is 1.29. The summed E-state index contributed by atoms with van der Waals surface area (Å²) in [7, 11) is 2.14. The topological polar surface area (TPSA) is 58.0 Å². The molecule has 0 amide bonds. The van der Waals surface area contributed by atoms with Gasteiger partial charge < -0.3 is 9.80 Å². The molecule has 6 nitrogen and oxygen atoms in total. The van der Waals surface area contributed by atoms with E-state index in [2.05, 4.69) is 43.9 Å². The number of pyridine rings is 4. The van der Waals surface area contributed by atoms with E-state index < -0.39 is 5.82 Å². The van der Waals surface area contributed by atoms with E-state index in [0.717, 1.165) is 59.8 Å². The van der Waals surface area contributed by atoms with Crippen LogP contribution in [0.1, 0.15) is 0 Å². The highest BCUT2D eigenvalue weighted by Crippen LogP contribution is 2.34. The lowest BCUT2D eigenvalue weighted by atomic mass is 9.99. The Morgan fingerprint density at radius 1 is 0.811 bits per heavy atom. The Morgan fingerprint density at radius 3 is 2.51 bits per heavy atom. The molecule has 184 valence electrons. The van der Waals surface area contributed by atoms with Crippen LogP contribution in [0.4, 0.5) is 10.2 Å². The molecule has 0 unspecified atom stereocenters. The van der Waals surface area contributed by atoms with Crippen LogP contribution in [-0.4, -0.2) is 58.1 Å². The van der Waals surface area contributed by atoms with Crippen molar-refractivity contribution in [1.29, 1.82) is 0 Å². The molecule has 0 spiro atoms. The van der Waals surface area contributed by atoms with Crippen LogP contribution in [0.2, 0.25) is 5.02 Å². The monoisotopic (exact) mass is 510 g/mol. The predicted octanol–water partition coefficient (Wildman–Crippen LogP) is 5.97. The maximum Gasteiger partial charge on any atom is 0.160 e. The standard InChI is InChI=1S/C29H24ClFN6/c1-36-10-12-37(13-11-36)28-6-2-5-26(34-28)20-14-19(17-32-18-20)23-16-27(24-15-21(30)7-8-25(24)31)35-29-22(23)4-3-9-33-29/h2-9,14-18H,10-13H2,1H3. The molecule has 0 aliphatic carbocycles. The van der Waals surface area contributed by atoms with E-state index in [9.17, 15) is 4.39 Å². The minimum Gasteiger partial charge on any atom is -0.354 e. The third kappa shape index (κ3) is 4.75. The summed E-state index contributed by atoms with van der Waals surface area (Å²) < 4.78 is 14.7. The van der Waals surface area contributed by atoms with Gasteiger partial charge in [0.25, 0.3) is 0 Å². The number of hydrogen-bond acceptors (Lipinski definition) is 6. The van der Waals surface area contributed by atoms with Crippen molar-refractivity contribution in [3.63, 3.8) is 0 Å². The number of aromatic nitrogens is 4. The minimum atomic E-state index is -0.394. The molecular weight excluding hydrogens is 487 g/mol. The van der Waals surface area contributed by atoms with Crippen molar-refractivity contribution >= 4 is 28.5 Å². The second-order valence-corrected chi connectivity index (χ2v) is 9.62. The van der Waals surface area contributed by atoms with Crippen molar-refractivity contribution < 1.29 is 4.39 Å². The number of rotatable bonds is 4. The van der Waals surface area contributed by atoms with Gasteiger partial charge in [-0.2, -0.15) is 0 Å². The van der Waals surface area contributed by atoms with Gasteiger partial charge in [0, 0.05) is 71.9 Å². The highest BCUT2D eigenvalue weighted by molar-refractivity contribution is 6.30. The molecule has 4 aromatic heterocycles. The SMILES string of the molecule is CN1CCN(c2cccc(-c3cncc(-c4cc(-c5cc(Cl)ccc5F)nc5ncccc45)c3)n2)CC1. The van der Waals surface area contributed by atoms with Gasteiger partial charge in [-0.05, 0) is 67.2 Å². The third-order valence-corrected chi connectivity index (χ3v) is 6.93. The van der Waals surface area contributed by atoms with Gasteiger partial charge in [-0.1, -0.05) is 17.7 Å². The molecule has 6 rings (SSSR count). The minimum absolute atomic E-state index is 0.326. The smallest absolute Gasteiger partial charge is 0.160 e. The molecule has 0 bridgehead atoms. The summed E-state index contributed by atoms with van der Waals surface area (Å²) >= 11 is 6.17. The van der Waals surface area contributed by atoms with Gasteiger partial charge in [0.05, 0.1) is 11.4 Å². The molecule has 0 atom stereocenters. The van der Waals surface area contributed by atoms with Gasteiger partial charge in [-0.15, -0.1) is 0 Å². The van der Waals surface area contributed by atoms with Crippen LogP contribution < -0.4 is 4.90 Å². The van der Waals surface area contributed by atoms with Crippen LogP contribution >= 0.6 is 11.6 Å². The normalized spacial score (nSPS) is 14.3. The highest BCUT2D eigenvalue weighted by atomic mass is 35.5. The van der Waals surface area contributed by atoms with Crippen molar-refractivity contribution in [2.24, 2.45) is 0 Å².